The van der Waals surface area contributed by atoms with Crippen LogP contribution in [0.15, 0.2) is 114 Å². The van der Waals surface area contributed by atoms with E-state index >= 15 is 0 Å². The minimum Gasteiger partial charge on any atom is -0.0843 e. The van der Waals surface area contributed by atoms with E-state index in [-0.39, 0.29) is 5.41 Å². The SMILES string of the molecule is Clc1ccc(-c2cccc3c2C2(c4ccccc4-3)c3ccccc3-c3c(Br)cccc32)cc1. The zero-order valence-corrected chi connectivity index (χ0v) is 20.0. The van der Waals surface area contributed by atoms with E-state index in [1.807, 2.05) is 12.1 Å². The van der Waals surface area contributed by atoms with Crippen LogP contribution in [-0.4, -0.2) is 0 Å². The molecule has 1 spiro atoms. The number of benzene rings is 5. The molecule has 0 bridgehead atoms. The fourth-order valence-corrected chi connectivity index (χ4v) is 6.78. The van der Waals surface area contributed by atoms with Crippen LogP contribution in [0.3, 0.4) is 0 Å². The zero-order valence-electron chi connectivity index (χ0n) is 17.6. The van der Waals surface area contributed by atoms with Gasteiger partial charge in [-0.2, -0.15) is 0 Å². The van der Waals surface area contributed by atoms with Crippen molar-refractivity contribution < 1.29 is 0 Å². The molecular weight excluding hydrogens is 488 g/mol. The van der Waals surface area contributed by atoms with E-state index < -0.39 is 0 Å². The molecule has 2 heteroatoms. The van der Waals surface area contributed by atoms with Gasteiger partial charge in [0.15, 0.2) is 0 Å². The molecule has 0 radical (unpaired) electrons. The number of halogens is 2. The monoisotopic (exact) mass is 504 g/mol. The second kappa shape index (κ2) is 6.93. The number of hydrogen-bond donors (Lipinski definition) is 0. The van der Waals surface area contributed by atoms with Crippen LogP contribution in [0.1, 0.15) is 22.3 Å². The Kier molecular flexibility index (Phi) is 4.07. The summed E-state index contributed by atoms with van der Waals surface area (Å²) in [5.74, 6) is 0. The Labute approximate surface area is 206 Å². The summed E-state index contributed by atoms with van der Waals surface area (Å²) < 4.78 is 1.14. The molecule has 156 valence electrons. The van der Waals surface area contributed by atoms with Gasteiger partial charge < -0.3 is 0 Å². The molecule has 0 aromatic heterocycles. The lowest BCUT2D eigenvalue weighted by molar-refractivity contribution is 0.795. The maximum Gasteiger partial charge on any atom is 0.0731 e. The predicted molar refractivity (Wildman–Crippen MR) is 141 cm³/mol. The average molecular weight is 506 g/mol. The molecule has 0 amide bonds. The fourth-order valence-electron chi connectivity index (χ4n) is 6.07. The summed E-state index contributed by atoms with van der Waals surface area (Å²) in [6.07, 6.45) is 0. The molecule has 7 rings (SSSR count). The first-order valence-electron chi connectivity index (χ1n) is 11.1. The minimum atomic E-state index is -0.363. The van der Waals surface area contributed by atoms with Gasteiger partial charge in [0.05, 0.1) is 5.41 Å². The van der Waals surface area contributed by atoms with E-state index in [0.717, 1.165) is 9.50 Å². The first-order chi connectivity index (χ1) is 16.2. The third-order valence-corrected chi connectivity index (χ3v) is 8.15. The largest absolute Gasteiger partial charge is 0.0843 e. The minimum absolute atomic E-state index is 0.363. The van der Waals surface area contributed by atoms with Gasteiger partial charge in [-0.15, -0.1) is 0 Å². The van der Waals surface area contributed by atoms with Crippen LogP contribution in [0.2, 0.25) is 5.02 Å². The topological polar surface area (TPSA) is 0 Å². The lowest BCUT2D eigenvalue weighted by Gasteiger charge is -2.32. The van der Waals surface area contributed by atoms with Crippen LogP contribution in [0, 0.1) is 0 Å². The summed E-state index contributed by atoms with van der Waals surface area (Å²) in [6, 6.07) is 39.4. The fraction of sp³-hybridized carbons (Fsp3) is 0.0323. The smallest absolute Gasteiger partial charge is 0.0731 e. The third-order valence-electron chi connectivity index (χ3n) is 7.23. The van der Waals surface area contributed by atoms with Crippen molar-refractivity contribution in [3.05, 3.63) is 141 Å². The average Bonchev–Trinajstić information content (AvgIpc) is 3.33. The van der Waals surface area contributed by atoms with E-state index in [0.29, 0.717) is 0 Å². The van der Waals surface area contributed by atoms with Crippen molar-refractivity contribution in [3.8, 4) is 33.4 Å². The van der Waals surface area contributed by atoms with Gasteiger partial charge in [-0.05, 0) is 68.3 Å². The van der Waals surface area contributed by atoms with Crippen molar-refractivity contribution in [3.63, 3.8) is 0 Å². The third kappa shape index (κ3) is 2.42. The molecule has 5 aromatic rings. The van der Waals surface area contributed by atoms with E-state index in [9.17, 15) is 0 Å². The Balaban J connectivity index is 1.70. The Morgan fingerprint density at radius 2 is 1.09 bits per heavy atom. The van der Waals surface area contributed by atoms with Crippen LogP contribution >= 0.6 is 27.5 Å². The molecule has 1 atom stereocenters. The molecule has 0 aliphatic heterocycles. The quantitative estimate of drug-likeness (QED) is 0.209. The molecule has 33 heavy (non-hydrogen) atoms. The molecule has 0 N–H and O–H groups in total. The molecule has 2 aliphatic carbocycles. The normalized spacial score (nSPS) is 16.9. The predicted octanol–water partition coefficient (Wildman–Crippen LogP) is 9.11. The van der Waals surface area contributed by atoms with Gasteiger partial charge in [-0.3, -0.25) is 0 Å². The molecule has 1 unspecified atom stereocenters. The molecule has 2 aliphatic rings. The highest BCUT2D eigenvalue weighted by Gasteiger charge is 2.53. The summed E-state index contributed by atoms with van der Waals surface area (Å²) in [6.45, 7) is 0. The Bertz CT molecular complexity index is 1580. The Hall–Kier alpha value is -3.13. The summed E-state index contributed by atoms with van der Waals surface area (Å²) in [5, 5.41) is 0.754. The van der Waals surface area contributed by atoms with Crippen LogP contribution < -0.4 is 0 Å². The van der Waals surface area contributed by atoms with Gasteiger partial charge in [-0.25, -0.2) is 0 Å². The van der Waals surface area contributed by atoms with Crippen molar-refractivity contribution in [2.75, 3.05) is 0 Å². The molecule has 0 fully saturated rings. The summed E-state index contributed by atoms with van der Waals surface area (Å²) >= 11 is 10.1. The molecular formula is C31H18BrCl. The van der Waals surface area contributed by atoms with Crippen LogP contribution in [0.5, 0.6) is 0 Å². The first-order valence-corrected chi connectivity index (χ1v) is 12.3. The van der Waals surface area contributed by atoms with E-state index in [2.05, 4.69) is 113 Å². The number of fused-ring (bicyclic) bond motifs is 10. The van der Waals surface area contributed by atoms with Crippen LogP contribution in [-0.2, 0) is 5.41 Å². The van der Waals surface area contributed by atoms with E-state index in [1.54, 1.807) is 0 Å². The van der Waals surface area contributed by atoms with E-state index in [4.69, 9.17) is 11.6 Å². The van der Waals surface area contributed by atoms with Crippen molar-refractivity contribution in [2.45, 2.75) is 5.41 Å². The second-order valence-corrected chi connectivity index (χ2v) is 10.0. The highest BCUT2D eigenvalue weighted by molar-refractivity contribution is 9.10. The molecule has 0 nitrogen and oxygen atoms in total. The number of hydrogen-bond acceptors (Lipinski definition) is 0. The van der Waals surface area contributed by atoms with Crippen molar-refractivity contribution in [1.29, 1.82) is 0 Å². The maximum atomic E-state index is 6.26. The Morgan fingerprint density at radius 3 is 1.88 bits per heavy atom. The summed E-state index contributed by atoms with van der Waals surface area (Å²) in [4.78, 5) is 0. The standard InChI is InChI=1S/C31H18BrCl/c32-28-14-6-13-27-29(28)24-8-2-4-12-26(24)31(27)25-11-3-1-7-22(25)23-10-5-9-21(30(23)31)19-15-17-20(33)18-16-19/h1-18H. The van der Waals surface area contributed by atoms with Crippen LogP contribution in [0.4, 0.5) is 0 Å². The Morgan fingerprint density at radius 1 is 0.515 bits per heavy atom. The molecule has 0 saturated carbocycles. The van der Waals surface area contributed by atoms with Crippen molar-refractivity contribution in [1.82, 2.24) is 0 Å². The van der Waals surface area contributed by atoms with Gasteiger partial charge in [0, 0.05) is 15.1 Å². The number of rotatable bonds is 1. The van der Waals surface area contributed by atoms with E-state index in [1.165, 1.54) is 55.6 Å². The van der Waals surface area contributed by atoms with Crippen molar-refractivity contribution in [2.24, 2.45) is 0 Å². The lowest BCUT2D eigenvalue weighted by Crippen LogP contribution is -2.26. The lowest BCUT2D eigenvalue weighted by atomic mass is 9.68. The van der Waals surface area contributed by atoms with Crippen LogP contribution in [0.25, 0.3) is 33.4 Å². The van der Waals surface area contributed by atoms with Gasteiger partial charge >= 0.3 is 0 Å². The van der Waals surface area contributed by atoms with Gasteiger partial charge in [-0.1, -0.05) is 119 Å². The van der Waals surface area contributed by atoms with Gasteiger partial charge in [0.1, 0.15) is 0 Å². The van der Waals surface area contributed by atoms with Gasteiger partial charge in [0.2, 0.25) is 0 Å². The molecule has 0 heterocycles. The molecule has 0 saturated heterocycles. The second-order valence-electron chi connectivity index (χ2n) is 8.74. The molecule has 5 aromatic carbocycles. The highest BCUT2D eigenvalue weighted by atomic mass is 79.9. The maximum absolute atomic E-state index is 6.26. The van der Waals surface area contributed by atoms with Gasteiger partial charge in [0.25, 0.3) is 0 Å². The first kappa shape index (κ1) is 19.3. The summed E-state index contributed by atoms with van der Waals surface area (Å²) in [5.41, 5.74) is 12.7. The van der Waals surface area contributed by atoms with Crippen molar-refractivity contribution >= 4 is 27.5 Å². The summed E-state index contributed by atoms with van der Waals surface area (Å²) in [7, 11) is 0. The highest BCUT2D eigenvalue weighted by Crippen LogP contribution is 2.65. The zero-order chi connectivity index (χ0) is 22.2.